The summed E-state index contributed by atoms with van der Waals surface area (Å²) < 4.78 is 29.3. The summed E-state index contributed by atoms with van der Waals surface area (Å²) >= 11 is 13.4. The lowest BCUT2D eigenvalue weighted by Gasteiger charge is -2.18. The molecule has 0 unspecified atom stereocenters. The number of halogens is 2. The van der Waals surface area contributed by atoms with Crippen molar-refractivity contribution in [1.82, 2.24) is 14.5 Å². The maximum absolute atomic E-state index is 12.7. The van der Waals surface area contributed by atoms with E-state index in [9.17, 15) is 13.2 Å². The third-order valence-corrected chi connectivity index (χ3v) is 6.20. The van der Waals surface area contributed by atoms with Gasteiger partial charge in [0.25, 0.3) is 0 Å². The molecular weight excluding hydrogens is 419 g/mol. The third-order valence-electron chi connectivity index (χ3n) is 3.37. The SMILES string of the molecule is CSCC[C@H](NS(=O)(=O)c1cc(Cl)ccc1Cl)C(=O)Nc1ccn(C)n1. The first-order valence-electron chi connectivity index (χ1n) is 7.50. The number of benzene rings is 1. The fraction of sp³-hybridized carbons (Fsp3) is 0.333. The van der Waals surface area contributed by atoms with E-state index in [1.165, 1.54) is 34.6 Å². The Morgan fingerprint density at radius 1 is 1.35 bits per heavy atom. The highest BCUT2D eigenvalue weighted by Crippen LogP contribution is 2.25. The topological polar surface area (TPSA) is 93.1 Å². The second-order valence-corrected chi connectivity index (χ2v) is 8.91. The molecule has 0 aliphatic carbocycles. The van der Waals surface area contributed by atoms with Crippen LogP contribution in [0.3, 0.4) is 0 Å². The van der Waals surface area contributed by atoms with E-state index in [4.69, 9.17) is 23.2 Å². The number of sulfonamides is 1. The molecule has 11 heteroatoms. The second-order valence-electron chi connectivity index (χ2n) is 5.39. The van der Waals surface area contributed by atoms with E-state index >= 15 is 0 Å². The molecule has 1 atom stereocenters. The van der Waals surface area contributed by atoms with Crippen molar-refractivity contribution in [2.45, 2.75) is 17.4 Å². The van der Waals surface area contributed by atoms with E-state index in [1.807, 2.05) is 6.26 Å². The number of hydrogen-bond acceptors (Lipinski definition) is 5. The molecular formula is C15H18Cl2N4O3S2. The van der Waals surface area contributed by atoms with Crippen LogP contribution in [0, 0.1) is 0 Å². The summed E-state index contributed by atoms with van der Waals surface area (Å²) in [5.41, 5.74) is 0. The lowest BCUT2D eigenvalue weighted by atomic mass is 10.2. The number of nitrogens with zero attached hydrogens (tertiary/aromatic N) is 2. The highest BCUT2D eigenvalue weighted by atomic mass is 35.5. The predicted octanol–water partition coefficient (Wildman–Crippen LogP) is 2.77. The van der Waals surface area contributed by atoms with Crippen LogP contribution in [0.1, 0.15) is 6.42 Å². The van der Waals surface area contributed by atoms with E-state index in [0.717, 1.165) is 0 Å². The zero-order valence-electron chi connectivity index (χ0n) is 14.1. The monoisotopic (exact) mass is 436 g/mol. The summed E-state index contributed by atoms with van der Waals surface area (Å²) in [6, 6.07) is 4.76. The van der Waals surface area contributed by atoms with E-state index in [2.05, 4.69) is 15.1 Å². The van der Waals surface area contributed by atoms with E-state index in [0.29, 0.717) is 18.0 Å². The van der Waals surface area contributed by atoms with Crippen LogP contribution < -0.4 is 10.0 Å². The number of hydrogen-bond donors (Lipinski definition) is 2. The molecule has 0 aliphatic rings. The molecule has 0 aliphatic heterocycles. The molecule has 1 aromatic carbocycles. The average Bonchev–Trinajstić information content (AvgIpc) is 2.98. The van der Waals surface area contributed by atoms with E-state index < -0.39 is 22.0 Å². The largest absolute Gasteiger partial charge is 0.308 e. The second kappa shape index (κ2) is 9.09. The van der Waals surface area contributed by atoms with Gasteiger partial charge in [0.15, 0.2) is 5.82 Å². The van der Waals surface area contributed by atoms with Crippen molar-refractivity contribution in [3.63, 3.8) is 0 Å². The minimum Gasteiger partial charge on any atom is -0.308 e. The number of aryl methyl sites for hydroxylation is 1. The first-order valence-corrected chi connectivity index (χ1v) is 11.1. The van der Waals surface area contributed by atoms with Gasteiger partial charge in [0.1, 0.15) is 10.9 Å². The number of carbonyl (C=O) groups is 1. The molecule has 2 aromatic rings. The standard InChI is InChI=1S/C15H18Cl2N4O3S2/c1-21-7-5-14(19-21)18-15(22)12(6-8-25-2)20-26(23,24)13-9-10(16)3-4-11(13)17/h3-5,7,9,12,20H,6,8H2,1-2H3,(H,18,19,22)/t12-/m0/s1. The van der Waals surface area contributed by atoms with Gasteiger partial charge in [-0.3, -0.25) is 9.48 Å². The number of carbonyl (C=O) groups excluding carboxylic acids is 1. The zero-order valence-corrected chi connectivity index (χ0v) is 17.2. The van der Waals surface area contributed by atoms with Crippen molar-refractivity contribution < 1.29 is 13.2 Å². The van der Waals surface area contributed by atoms with Crippen molar-refractivity contribution in [2.24, 2.45) is 7.05 Å². The molecule has 0 spiro atoms. The van der Waals surface area contributed by atoms with Gasteiger partial charge in [-0.05, 0) is 36.6 Å². The molecule has 26 heavy (non-hydrogen) atoms. The summed E-state index contributed by atoms with van der Waals surface area (Å²) in [5, 5.41) is 6.92. The molecule has 0 saturated heterocycles. The normalized spacial score (nSPS) is 12.8. The van der Waals surface area contributed by atoms with Gasteiger partial charge in [-0.2, -0.15) is 21.6 Å². The maximum atomic E-state index is 12.7. The van der Waals surface area contributed by atoms with Gasteiger partial charge in [0.05, 0.1) is 5.02 Å². The Kier molecular flexibility index (Phi) is 7.36. The molecule has 1 aromatic heterocycles. The van der Waals surface area contributed by atoms with Gasteiger partial charge >= 0.3 is 0 Å². The van der Waals surface area contributed by atoms with E-state index in [-0.39, 0.29) is 14.9 Å². The predicted molar refractivity (Wildman–Crippen MR) is 105 cm³/mol. The fourth-order valence-corrected chi connectivity index (χ4v) is 4.57. The lowest BCUT2D eigenvalue weighted by Crippen LogP contribution is -2.44. The molecule has 2 rings (SSSR count). The van der Waals surface area contributed by atoms with Gasteiger partial charge in [-0.25, -0.2) is 8.42 Å². The number of rotatable bonds is 8. The van der Waals surface area contributed by atoms with Crippen LogP contribution in [0.25, 0.3) is 0 Å². The highest BCUT2D eigenvalue weighted by Gasteiger charge is 2.27. The minimum absolute atomic E-state index is 0.0238. The summed E-state index contributed by atoms with van der Waals surface area (Å²) in [5.74, 6) is 0.428. The maximum Gasteiger partial charge on any atom is 0.243 e. The van der Waals surface area contributed by atoms with Crippen LogP contribution in [0.5, 0.6) is 0 Å². The van der Waals surface area contributed by atoms with Crippen LogP contribution in [-0.2, 0) is 21.9 Å². The first kappa shape index (κ1) is 21.0. The van der Waals surface area contributed by atoms with Crippen molar-refractivity contribution in [3.05, 3.63) is 40.5 Å². The Balaban J connectivity index is 2.22. The summed E-state index contributed by atoms with van der Waals surface area (Å²) in [4.78, 5) is 12.4. The van der Waals surface area contributed by atoms with Crippen molar-refractivity contribution >= 4 is 56.7 Å². The third kappa shape index (κ3) is 5.62. The number of thioether (sulfide) groups is 1. The van der Waals surface area contributed by atoms with Crippen LogP contribution in [0.4, 0.5) is 5.82 Å². The quantitative estimate of drug-likeness (QED) is 0.663. The lowest BCUT2D eigenvalue weighted by molar-refractivity contribution is -0.117. The summed E-state index contributed by atoms with van der Waals surface area (Å²) in [6.45, 7) is 0. The van der Waals surface area contributed by atoms with Gasteiger partial charge in [-0.15, -0.1) is 0 Å². The first-order chi connectivity index (χ1) is 12.2. The van der Waals surface area contributed by atoms with Crippen LogP contribution >= 0.6 is 35.0 Å². The van der Waals surface area contributed by atoms with Crippen LogP contribution in [-0.4, -0.2) is 42.2 Å². The molecule has 0 bridgehead atoms. The Morgan fingerprint density at radius 3 is 2.69 bits per heavy atom. The Hall–Kier alpha value is -1.26. The molecule has 142 valence electrons. The Labute approximate surface area is 166 Å². The van der Waals surface area contributed by atoms with E-state index in [1.54, 1.807) is 19.3 Å². The van der Waals surface area contributed by atoms with Gasteiger partial charge in [0, 0.05) is 24.3 Å². The Morgan fingerprint density at radius 2 is 2.08 bits per heavy atom. The number of aromatic nitrogens is 2. The van der Waals surface area contributed by atoms with Gasteiger partial charge < -0.3 is 5.32 Å². The highest BCUT2D eigenvalue weighted by molar-refractivity contribution is 7.98. The molecule has 0 saturated carbocycles. The minimum atomic E-state index is -4.04. The van der Waals surface area contributed by atoms with Crippen molar-refractivity contribution in [2.75, 3.05) is 17.3 Å². The molecule has 1 amide bonds. The van der Waals surface area contributed by atoms with Crippen LogP contribution in [0.15, 0.2) is 35.4 Å². The Bertz CT molecular complexity index is 887. The van der Waals surface area contributed by atoms with Crippen LogP contribution in [0.2, 0.25) is 10.0 Å². The molecule has 1 heterocycles. The molecule has 0 fully saturated rings. The number of nitrogens with one attached hydrogen (secondary N) is 2. The molecule has 2 N–H and O–H groups in total. The van der Waals surface area contributed by atoms with Crippen molar-refractivity contribution in [1.29, 1.82) is 0 Å². The average molecular weight is 437 g/mol. The fourth-order valence-electron chi connectivity index (χ4n) is 2.11. The summed E-state index contributed by atoms with van der Waals surface area (Å²) in [6.07, 6.45) is 3.84. The summed E-state index contributed by atoms with van der Waals surface area (Å²) in [7, 11) is -2.32. The van der Waals surface area contributed by atoms with Gasteiger partial charge in [0.2, 0.25) is 15.9 Å². The molecule has 7 nitrogen and oxygen atoms in total. The molecule has 0 radical (unpaired) electrons. The smallest absolute Gasteiger partial charge is 0.243 e. The number of amides is 1. The van der Waals surface area contributed by atoms with Gasteiger partial charge in [-0.1, -0.05) is 23.2 Å². The van der Waals surface area contributed by atoms with Crippen molar-refractivity contribution in [3.8, 4) is 0 Å². The number of anilines is 1. The zero-order chi connectivity index (χ0) is 19.3.